The van der Waals surface area contributed by atoms with Gasteiger partial charge in [-0.2, -0.15) is 4.72 Å². The van der Waals surface area contributed by atoms with Gasteiger partial charge in [0.2, 0.25) is 15.9 Å². The van der Waals surface area contributed by atoms with Crippen molar-refractivity contribution in [3.05, 3.63) is 101 Å². The Labute approximate surface area is 200 Å². The second-order valence-electron chi connectivity index (χ2n) is 8.46. The van der Waals surface area contributed by atoms with E-state index in [1.54, 1.807) is 30.5 Å². The largest absolute Gasteiger partial charge is 0.324 e. The third kappa shape index (κ3) is 5.16. The molecule has 0 fully saturated rings. The van der Waals surface area contributed by atoms with Crippen LogP contribution in [0.25, 0.3) is 10.9 Å². The van der Waals surface area contributed by atoms with Gasteiger partial charge in [-0.25, -0.2) is 8.42 Å². The Kier molecular flexibility index (Phi) is 6.77. The number of anilines is 1. The molecule has 6 nitrogen and oxygen atoms in total. The molecule has 0 unspecified atom stereocenters. The molecule has 0 saturated heterocycles. The zero-order chi connectivity index (χ0) is 24.3. The first-order valence-electron chi connectivity index (χ1n) is 11.0. The van der Waals surface area contributed by atoms with Crippen LogP contribution in [0.2, 0.25) is 0 Å². The van der Waals surface area contributed by atoms with Crippen LogP contribution in [0.5, 0.6) is 0 Å². The minimum Gasteiger partial charge on any atom is -0.324 e. The Morgan fingerprint density at radius 1 is 0.912 bits per heavy atom. The number of rotatable bonds is 7. The smallest absolute Gasteiger partial charge is 0.243 e. The molecule has 0 aliphatic heterocycles. The first-order chi connectivity index (χ1) is 16.2. The molecule has 1 heterocycles. The molecule has 0 bridgehead atoms. The summed E-state index contributed by atoms with van der Waals surface area (Å²) < 4.78 is 29.5. The van der Waals surface area contributed by atoms with Crippen LogP contribution >= 0.6 is 0 Å². The third-order valence-electron chi connectivity index (χ3n) is 5.71. The first-order valence-corrected chi connectivity index (χ1v) is 12.5. The maximum Gasteiger partial charge on any atom is 0.243 e. The van der Waals surface area contributed by atoms with Crippen LogP contribution in [0.1, 0.15) is 22.3 Å². The first kappa shape index (κ1) is 23.6. The number of hydrogen-bond acceptors (Lipinski definition) is 4. The number of sulfonamides is 1. The van der Waals surface area contributed by atoms with Gasteiger partial charge in [0.25, 0.3) is 0 Å². The molecule has 4 aromatic rings. The highest BCUT2D eigenvalue weighted by atomic mass is 32.2. The van der Waals surface area contributed by atoms with E-state index in [-0.39, 0.29) is 11.3 Å². The Hall–Kier alpha value is -3.55. The molecule has 0 aliphatic rings. The van der Waals surface area contributed by atoms with Crippen LogP contribution in [-0.2, 0) is 21.2 Å². The summed E-state index contributed by atoms with van der Waals surface area (Å²) >= 11 is 0. The summed E-state index contributed by atoms with van der Waals surface area (Å²) in [5.41, 5.74) is 4.84. The number of fused-ring (bicyclic) bond motifs is 1. The molecule has 1 aromatic heterocycles. The average molecular weight is 474 g/mol. The Morgan fingerprint density at radius 2 is 1.59 bits per heavy atom. The topological polar surface area (TPSA) is 88.2 Å². The van der Waals surface area contributed by atoms with E-state index >= 15 is 0 Å². The maximum atomic E-state index is 13.5. The van der Waals surface area contributed by atoms with Crippen molar-refractivity contribution in [3.8, 4) is 0 Å². The monoisotopic (exact) mass is 473 g/mol. The van der Waals surface area contributed by atoms with Crippen molar-refractivity contribution in [1.82, 2.24) is 9.71 Å². The van der Waals surface area contributed by atoms with Crippen molar-refractivity contribution in [2.45, 2.75) is 38.1 Å². The highest BCUT2D eigenvalue weighted by Crippen LogP contribution is 2.24. The SMILES string of the molecule is Cc1cc(C)c(NC(=O)[C@H](Cc2ccccc2)NS(=O)(=O)c2cccc3cccnc23)c(C)c1. The van der Waals surface area contributed by atoms with Crippen molar-refractivity contribution in [2.75, 3.05) is 5.32 Å². The molecular weight excluding hydrogens is 446 g/mol. The van der Waals surface area contributed by atoms with Crippen LogP contribution in [-0.4, -0.2) is 25.4 Å². The van der Waals surface area contributed by atoms with Gasteiger partial charge in [0, 0.05) is 17.3 Å². The number of pyridine rings is 1. The normalized spacial score (nSPS) is 12.4. The lowest BCUT2D eigenvalue weighted by Gasteiger charge is -2.21. The van der Waals surface area contributed by atoms with Crippen LogP contribution in [0, 0.1) is 20.8 Å². The zero-order valence-corrected chi connectivity index (χ0v) is 20.2. The van der Waals surface area contributed by atoms with Crippen molar-refractivity contribution in [1.29, 1.82) is 0 Å². The van der Waals surface area contributed by atoms with Gasteiger partial charge in [-0.1, -0.05) is 66.2 Å². The number of benzene rings is 3. The van der Waals surface area contributed by atoms with E-state index in [2.05, 4.69) is 15.0 Å². The molecular formula is C27H27N3O3S. The number of nitrogens with zero attached hydrogens (tertiary/aromatic N) is 1. The number of nitrogens with one attached hydrogen (secondary N) is 2. The van der Waals surface area contributed by atoms with Gasteiger partial charge < -0.3 is 5.32 Å². The van der Waals surface area contributed by atoms with Crippen LogP contribution in [0.4, 0.5) is 5.69 Å². The van der Waals surface area contributed by atoms with Crippen LogP contribution in [0.15, 0.2) is 83.9 Å². The molecule has 0 aliphatic carbocycles. The van der Waals surface area contributed by atoms with E-state index in [0.29, 0.717) is 16.6 Å². The number of carbonyl (C=O) groups is 1. The summed E-state index contributed by atoms with van der Waals surface area (Å²) in [6.45, 7) is 5.84. The van der Waals surface area contributed by atoms with Gasteiger partial charge in [-0.15, -0.1) is 0 Å². The van der Waals surface area contributed by atoms with E-state index in [1.165, 1.54) is 6.07 Å². The lowest BCUT2D eigenvalue weighted by atomic mass is 10.0. The summed E-state index contributed by atoms with van der Waals surface area (Å²) in [4.78, 5) is 17.7. The fourth-order valence-corrected chi connectivity index (χ4v) is 5.54. The number of amides is 1. The molecule has 1 amide bonds. The van der Waals surface area contributed by atoms with Gasteiger partial charge in [0.1, 0.15) is 10.9 Å². The van der Waals surface area contributed by atoms with Crippen molar-refractivity contribution in [2.24, 2.45) is 0 Å². The van der Waals surface area contributed by atoms with E-state index < -0.39 is 22.0 Å². The minimum absolute atomic E-state index is 0.0409. The number of carbonyl (C=O) groups excluding carboxylic acids is 1. The summed E-state index contributed by atoms with van der Waals surface area (Å²) in [7, 11) is -4.04. The molecule has 0 radical (unpaired) electrons. The second-order valence-corrected chi connectivity index (χ2v) is 10.1. The molecule has 4 rings (SSSR count). The van der Waals surface area contributed by atoms with E-state index in [9.17, 15) is 13.2 Å². The third-order valence-corrected chi connectivity index (χ3v) is 7.21. The zero-order valence-electron chi connectivity index (χ0n) is 19.4. The van der Waals surface area contributed by atoms with Gasteiger partial charge in [-0.05, 0) is 56.0 Å². The predicted octanol–water partition coefficient (Wildman–Crippen LogP) is 4.69. The summed E-state index contributed by atoms with van der Waals surface area (Å²) in [5, 5.41) is 3.66. The molecule has 174 valence electrons. The second kappa shape index (κ2) is 9.75. The molecule has 7 heteroatoms. The predicted molar refractivity (Wildman–Crippen MR) is 135 cm³/mol. The van der Waals surface area contributed by atoms with Crippen LogP contribution in [0.3, 0.4) is 0 Å². The lowest BCUT2D eigenvalue weighted by Crippen LogP contribution is -2.45. The lowest BCUT2D eigenvalue weighted by molar-refractivity contribution is -0.117. The molecule has 2 N–H and O–H groups in total. The fraction of sp³-hybridized carbons (Fsp3) is 0.185. The maximum absolute atomic E-state index is 13.5. The van der Waals surface area contributed by atoms with Gasteiger partial charge in [0.05, 0.1) is 5.52 Å². The van der Waals surface area contributed by atoms with Crippen molar-refractivity contribution < 1.29 is 13.2 Å². The van der Waals surface area contributed by atoms with Gasteiger partial charge >= 0.3 is 0 Å². The molecule has 0 spiro atoms. The molecule has 0 saturated carbocycles. The van der Waals surface area contributed by atoms with Crippen molar-refractivity contribution >= 4 is 32.5 Å². The standard InChI is InChI=1S/C27H27N3O3S/c1-18-15-19(2)25(20(3)16-18)29-27(31)23(17-21-9-5-4-6-10-21)30-34(32,33)24-13-7-11-22-12-8-14-28-26(22)24/h4-16,23,30H,17H2,1-3H3,(H,29,31)/t23-/m0/s1. The Balaban J connectivity index is 1.69. The summed E-state index contributed by atoms with van der Waals surface area (Å²) in [6.07, 6.45) is 1.76. The van der Waals surface area contributed by atoms with Gasteiger partial charge in [-0.3, -0.25) is 9.78 Å². The average Bonchev–Trinajstić information content (AvgIpc) is 2.81. The number of hydrogen-bond donors (Lipinski definition) is 2. The summed E-state index contributed by atoms with van der Waals surface area (Å²) in [5.74, 6) is -0.421. The molecule has 3 aromatic carbocycles. The quantitative estimate of drug-likeness (QED) is 0.408. The van der Waals surface area contributed by atoms with Crippen LogP contribution < -0.4 is 10.0 Å². The number of para-hydroxylation sites is 1. The molecule has 1 atom stereocenters. The molecule has 34 heavy (non-hydrogen) atoms. The van der Waals surface area contributed by atoms with Gasteiger partial charge in [0.15, 0.2) is 0 Å². The Morgan fingerprint density at radius 3 is 2.29 bits per heavy atom. The van der Waals surface area contributed by atoms with E-state index in [0.717, 1.165) is 22.3 Å². The minimum atomic E-state index is -4.04. The number of aromatic nitrogens is 1. The highest BCUT2D eigenvalue weighted by molar-refractivity contribution is 7.89. The van der Waals surface area contributed by atoms with Crippen molar-refractivity contribution in [3.63, 3.8) is 0 Å². The van der Waals surface area contributed by atoms with E-state index in [1.807, 2.05) is 63.2 Å². The number of aryl methyl sites for hydroxylation is 3. The fourth-order valence-electron chi connectivity index (χ4n) is 4.17. The highest BCUT2D eigenvalue weighted by Gasteiger charge is 2.28. The van der Waals surface area contributed by atoms with E-state index in [4.69, 9.17) is 0 Å². The summed E-state index contributed by atoms with van der Waals surface area (Å²) in [6, 6.07) is 20.8. The Bertz CT molecular complexity index is 1420.